The van der Waals surface area contributed by atoms with Crippen molar-refractivity contribution in [1.82, 2.24) is 15.0 Å². The average molecular weight is 423 g/mol. The SMILES string of the molecule is CN(CCCN1CCC(C(=O)c2ccc(F)cc2)CC1)C(=O)c1noc2ccccc12. The van der Waals surface area contributed by atoms with Crippen molar-refractivity contribution in [2.24, 2.45) is 5.92 Å². The van der Waals surface area contributed by atoms with Gasteiger partial charge in [-0.25, -0.2) is 4.39 Å². The minimum Gasteiger partial charge on any atom is -0.355 e. The van der Waals surface area contributed by atoms with Crippen molar-refractivity contribution < 1.29 is 18.5 Å². The molecule has 3 aromatic rings. The lowest BCUT2D eigenvalue weighted by molar-refractivity contribution is 0.0764. The fourth-order valence-corrected chi connectivity index (χ4v) is 4.12. The topological polar surface area (TPSA) is 66.7 Å². The Bertz CT molecular complexity index is 1060. The van der Waals surface area contributed by atoms with Crippen LogP contribution in [-0.4, -0.2) is 59.9 Å². The summed E-state index contributed by atoms with van der Waals surface area (Å²) in [7, 11) is 1.78. The van der Waals surface area contributed by atoms with E-state index in [1.807, 2.05) is 18.2 Å². The third-order valence-corrected chi connectivity index (χ3v) is 5.98. The van der Waals surface area contributed by atoms with Crippen molar-refractivity contribution in [3.63, 3.8) is 0 Å². The van der Waals surface area contributed by atoms with Gasteiger partial charge in [0.2, 0.25) is 0 Å². The highest BCUT2D eigenvalue weighted by Crippen LogP contribution is 2.22. The van der Waals surface area contributed by atoms with E-state index in [-0.39, 0.29) is 23.4 Å². The van der Waals surface area contributed by atoms with Gasteiger partial charge in [-0.2, -0.15) is 0 Å². The minimum atomic E-state index is -0.327. The van der Waals surface area contributed by atoms with Crippen LogP contribution in [0.5, 0.6) is 0 Å². The maximum Gasteiger partial charge on any atom is 0.276 e. The molecule has 6 nitrogen and oxygen atoms in total. The summed E-state index contributed by atoms with van der Waals surface area (Å²) in [6.07, 6.45) is 2.44. The number of para-hydroxylation sites is 1. The van der Waals surface area contributed by atoms with E-state index in [4.69, 9.17) is 4.52 Å². The number of hydrogen-bond donors (Lipinski definition) is 0. The lowest BCUT2D eigenvalue weighted by Gasteiger charge is -2.31. The fraction of sp³-hybridized carbons (Fsp3) is 0.375. The Hall–Kier alpha value is -3.06. The number of amides is 1. The summed E-state index contributed by atoms with van der Waals surface area (Å²) in [5.41, 5.74) is 1.54. The highest BCUT2D eigenvalue weighted by atomic mass is 19.1. The van der Waals surface area contributed by atoms with Gasteiger partial charge in [0.1, 0.15) is 5.82 Å². The van der Waals surface area contributed by atoms with Gasteiger partial charge in [-0.3, -0.25) is 9.59 Å². The van der Waals surface area contributed by atoms with Gasteiger partial charge >= 0.3 is 0 Å². The molecule has 0 saturated carbocycles. The molecule has 0 unspecified atom stereocenters. The summed E-state index contributed by atoms with van der Waals surface area (Å²) < 4.78 is 18.3. The van der Waals surface area contributed by atoms with Gasteiger partial charge < -0.3 is 14.3 Å². The van der Waals surface area contributed by atoms with Gasteiger partial charge in [-0.15, -0.1) is 0 Å². The molecule has 1 amide bonds. The molecule has 0 radical (unpaired) electrons. The zero-order valence-electron chi connectivity index (χ0n) is 17.6. The predicted octanol–water partition coefficient (Wildman–Crippen LogP) is 4.02. The van der Waals surface area contributed by atoms with Crippen molar-refractivity contribution in [1.29, 1.82) is 0 Å². The number of carbonyl (C=O) groups is 2. The van der Waals surface area contributed by atoms with Crippen LogP contribution < -0.4 is 0 Å². The van der Waals surface area contributed by atoms with Crippen LogP contribution in [0.1, 0.15) is 40.1 Å². The number of hydrogen-bond acceptors (Lipinski definition) is 5. The Kier molecular flexibility index (Phi) is 6.42. The first kappa shape index (κ1) is 21.2. The van der Waals surface area contributed by atoms with Crippen LogP contribution in [0.2, 0.25) is 0 Å². The largest absolute Gasteiger partial charge is 0.355 e. The van der Waals surface area contributed by atoms with E-state index in [1.165, 1.54) is 12.1 Å². The summed E-state index contributed by atoms with van der Waals surface area (Å²) in [4.78, 5) is 29.3. The highest BCUT2D eigenvalue weighted by Gasteiger charge is 2.26. The molecule has 162 valence electrons. The normalized spacial score (nSPS) is 15.3. The Morgan fingerprint density at radius 3 is 2.58 bits per heavy atom. The number of fused-ring (bicyclic) bond motifs is 1. The molecule has 1 aliphatic heterocycles. The number of nitrogens with zero attached hydrogens (tertiary/aromatic N) is 3. The van der Waals surface area contributed by atoms with Crippen LogP contribution in [0.4, 0.5) is 4.39 Å². The van der Waals surface area contributed by atoms with Crippen LogP contribution in [-0.2, 0) is 0 Å². The number of aromatic nitrogens is 1. The van der Waals surface area contributed by atoms with Gasteiger partial charge in [0.05, 0.1) is 5.39 Å². The monoisotopic (exact) mass is 423 g/mol. The van der Waals surface area contributed by atoms with Crippen molar-refractivity contribution in [2.45, 2.75) is 19.3 Å². The lowest BCUT2D eigenvalue weighted by atomic mass is 9.89. The number of carbonyl (C=O) groups excluding carboxylic acids is 2. The first-order valence-corrected chi connectivity index (χ1v) is 10.6. The van der Waals surface area contributed by atoms with Crippen LogP contribution >= 0.6 is 0 Å². The van der Waals surface area contributed by atoms with E-state index >= 15 is 0 Å². The minimum absolute atomic E-state index is 0.00795. The smallest absolute Gasteiger partial charge is 0.276 e. The first-order chi connectivity index (χ1) is 15.0. The third-order valence-electron chi connectivity index (χ3n) is 5.98. The van der Waals surface area contributed by atoms with Gasteiger partial charge in [-0.05, 0) is 75.3 Å². The van der Waals surface area contributed by atoms with Crippen molar-refractivity contribution in [2.75, 3.05) is 33.2 Å². The molecule has 0 spiro atoms. The van der Waals surface area contributed by atoms with Crippen LogP contribution in [0, 0.1) is 11.7 Å². The Morgan fingerprint density at radius 1 is 1.13 bits per heavy atom. The Morgan fingerprint density at radius 2 is 1.84 bits per heavy atom. The van der Waals surface area contributed by atoms with Gasteiger partial charge in [-0.1, -0.05) is 17.3 Å². The van der Waals surface area contributed by atoms with E-state index in [0.717, 1.165) is 44.3 Å². The van der Waals surface area contributed by atoms with Crippen LogP contribution in [0.15, 0.2) is 53.1 Å². The Labute approximate surface area is 180 Å². The zero-order valence-corrected chi connectivity index (χ0v) is 17.6. The molecule has 2 aromatic carbocycles. The van der Waals surface area contributed by atoms with E-state index in [2.05, 4.69) is 10.1 Å². The maximum absolute atomic E-state index is 13.1. The van der Waals surface area contributed by atoms with E-state index in [0.29, 0.717) is 23.4 Å². The molecule has 0 N–H and O–H groups in total. The molecule has 4 rings (SSSR count). The van der Waals surface area contributed by atoms with Crippen molar-refractivity contribution in [3.8, 4) is 0 Å². The Balaban J connectivity index is 1.22. The fourth-order valence-electron chi connectivity index (χ4n) is 4.12. The second kappa shape index (κ2) is 9.39. The number of halogens is 1. The van der Waals surface area contributed by atoms with Crippen molar-refractivity contribution >= 4 is 22.7 Å². The lowest BCUT2D eigenvalue weighted by Crippen LogP contribution is -2.38. The molecule has 1 saturated heterocycles. The molecular formula is C24H26FN3O3. The third kappa shape index (κ3) is 4.82. The number of benzene rings is 2. The first-order valence-electron chi connectivity index (χ1n) is 10.6. The summed E-state index contributed by atoms with van der Waals surface area (Å²) >= 11 is 0. The predicted molar refractivity (Wildman–Crippen MR) is 115 cm³/mol. The number of ketones is 1. The summed E-state index contributed by atoms with van der Waals surface area (Å²) in [5, 5.41) is 4.67. The molecule has 0 aliphatic carbocycles. The second-order valence-corrected chi connectivity index (χ2v) is 8.09. The number of rotatable bonds is 7. The molecule has 1 aliphatic rings. The van der Waals surface area contributed by atoms with Crippen molar-refractivity contribution in [3.05, 3.63) is 65.6 Å². The quantitative estimate of drug-likeness (QED) is 0.537. The van der Waals surface area contributed by atoms with E-state index < -0.39 is 0 Å². The molecule has 1 fully saturated rings. The zero-order chi connectivity index (χ0) is 21.8. The number of likely N-dealkylation sites (tertiary alicyclic amines) is 1. The molecular weight excluding hydrogens is 397 g/mol. The van der Waals surface area contributed by atoms with E-state index in [1.54, 1.807) is 30.1 Å². The maximum atomic E-state index is 13.1. The average Bonchev–Trinajstić information content (AvgIpc) is 3.23. The molecule has 0 bridgehead atoms. The molecule has 31 heavy (non-hydrogen) atoms. The number of Topliss-reactive ketones (excluding diaryl/α,β-unsaturated/α-hetero) is 1. The number of piperidine rings is 1. The second-order valence-electron chi connectivity index (χ2n) is 8.09. The molecule has 2 heterocycles. The molecule has 0 atom stereocenters. The highest BCUT2D eigenvalue weighted by molar-refractivity contribution is 6.03. The van der Waals surface area contributed by atoms with Crippen LogP contribution in [0.3, 0.4) is 0 Å². The van der Waals surface area contributed by atoms with Gasteiger partial charge in [0.15, 0.2) is 17.1 Å². The standard InChI is InChI=1S/C24H26FN3O3/c1-27(24(30)22-20-5-2-3-6-21(20)31-26-22)13-4-14-28-15-11-18(12-16-28)23(29)17-7-9-19(25)10-8-17/h2-3,5-10,18H,4,11-16H2,1H3. The van der Waals surface area contributed by atoms with Crippen LogP contribution in [0.25, 0.3) is 11.0 Å². The summed E-state index contributed by atoms with van der Waals surface area (Å²) in [5.74, 6) is -0.378. The summed E-state index contributed by atoms with van der Waals surface area (Å²) in [6, 6.07) is 13.1. The summed E-state index contributed by atoms with van der Waals surface area (Å²) in [6.45, 7) is 3.19. The molecule has 7 heteroatoms. The molecule has 1 aromatic heterocycles. The van der Waals surface area contributed by atoms with E-state index in [9.17, 15) is 14.0 Å². The van der Waals surface area contributed by atoms with Gasteiger partial charge in [0, 0.05) is 25.1 Å². The van der Waals surface area contributed by atoms with Gasteiger partial charge in [0.25, 0.3) is 5.91 Å².